The zero-order valence-corrected chi connectivity index (χ0v) is 15.4. The molecule has 0 radical (unpaired) electrons. The van der Waals surface area contributed by atoms with E-state index < -0.39 is 8.32 Å². The zero-order chi connectivity index (χ0) is 15.8. The fourth-order valence-corrected chi connectivity index (χ4v) is 4.69. The molecular formula is C16H31NO3Si. The number of hydrogen-bond acceptors (Lipinski definition) is 4. The first-order valence-electron chi connectivity index (χ1n) is 8.19. The molecule has 0 saturated carbocycles. The minimum absolute atomic E-state index is 0.0942. The Balaban J connectivity index is 2.15. The van der Waals surface area contributed by atoms with Crippen molar-refractivity contribution in [3.8, 4) is 0 Å². The van der Waals surface area contributed by atoms with Gasteiger partial charge in [-0.05, 0) is 37.5 Å². The maximum absolute atomic E-state index is 12.1. The maximum atomic E-state index is 12.1. The van der Waals surface area contributed by atoms with E-state index in [4.69, 9.17) is 9.16 Å². The number of ether oxygens (including phenoxy) is 1. The van der Waals surface area contributed by atoms with Gasteiger partial charge in [0.25, 0.3) is 0 Å². The minimum Gasteiger partial charge on any atom is -0.468 e. The van der Waals surface area contributed by atoms with Gasteiger partial charge in [0.2, 0.25) is 0 Å². The fourth-order valence-electron chi connectivity index (χ4n) is 3.33. The zero-order valence-electron chi connectivity index (χ0n) is 14.4. The van der Waals surface area contributed by atoms with Gasteiger partial charge in [0, 0.05) is 12.5 Å². The lowest BCUT2D eigenvalue weighted by molar-refractivity contribution is -0.146. The van der Waals surface area contributed by atoms with Gasteiger partial charge in [-0.15, -0.1) is 0 Å². The molecule has 2 aliphatic heterocycles. The van der Waals surface area contributed by atoms with Crippen molar-refractivity contribution in [2.24, 2.45) is 0 Å². The summed E-state index contributed by atoms with van der Waals surface area (Å²) in [5, 5.41) is 0.204. The molecule has 2 heterocycles. The van der Waals surface area contributed by atoms with Crippen LogP contribution in [0.1, 0.15) is 46.5 Å². The van der Waals surface area contributed by atoms with Crippen molar-refractivity contribution in [2.45, 2.75) is 82.8 Å². The van der Waals surface area contributed by atoms with E-state index in [1.54, 1.807) is 0 Å². The summed E-state index contributed by atoms with van der Waals surface area (Å²) in [6.45, 7) is 12.4. The van der Waals surface area contributed by atoms with Crippen LogP contribution < -0.4 is 0 Å². The molecule has 0 amide bonds. The number of esters is 1. The van der Waals surface area contributed by atoms with Gasteiger partial charge in [-0.3, -0.25) is 9.69 Å². The molecule has 3 atom stereocenters. The predicted molar refractivity (Wildman–Crippen MR) is 86.8 cm³/mol. The van der Waals surface area contributed by atoms with Crippen LogP contribution in [-0.4, -0.2) is 51.0 Å². The first-order chi connectivity index (χ1) is 9.67. The summed E-state index contributed by atoms with van der Waals surface area (Å²) in [4.78, 5) is 14.4. The van der Waals surface area contributed by atoms with Crippen LogP contribution in [0.25, 0.3) is 0 Å². The van der Waals surface area contributed by atoms with Crippen molar-refractivity contribution in [3.63, 3.8) is 0 Å². The van der Waals surface area contributed by atoms with Crippen molar-refractivity contribution >= 4 is 14.3 Å². The van der Waals surface area contributed by atoms with Crippen LogP contribution in [-0.2, 0) is 14.0 Å². The van der Waals surface area contributed by atoms with Gasteiger partial charge >= 0.3 is 5.97 Å². The smallest absolute Gasteiger partial charge is 0.323 e. The predicted octanol–water partition coefficient (Wildman–Crippen LogP) is 3.18. The number of rotatable bonds is 3. The highest BCUT2D eigenvalue weighted by Crippen LogP contribution is 2.42. The second-order valence-electron chi connectivity index (χ2n) is 7.99. The van der Waals surface area contributed by atoms with Crippen LogP contribution in [0, 0.1) is 0 Å². The Bertz CT molecular complexity index is 391. The molecule has 0 aromatic rings. The van der Waals surface area contributed by atoms with Gasteiger partial charge in [-0.25, -0.2) is 0 Å². The Kier molecular flexibility index (Phi) is 4.86. The summed E-state index contributed by atoms with van der Waals surface area (Å²) in [5.41, 5.74) is 0. The van der Waals surface area contributed by atoms with E-state index in [2.05, 4.69) is 38.8 Å². The van der Waals surface area contributed by atoms with E-state index in [1.807, 2.05) is 0 Å². The monoisotopic (exact) mass is 313 g/mol. The third-order valence-electron chi connectivity index (χ3n) is 5.60. The van der Waals surface area contributed by atoms with Crippen molar-refractivity contribution in [1.29, 1.82) is 0 Å². The van der Waals surface area contributed by atoms with Crippen molar-refractivity contribution < 1.29 is 14.0 Å². The lowest BCUT2D eigenvalue weighted by Crippen LogP contribution is -2.49. The standard InChI is InChI=1S/C16H31NO3Si/c1-16(2,3)21(5,6)20-14-11-13(15(18)19-4)17-10-8-7-9-12(14)17/h12-14H,7-11H2,1-6H3/t12-,13+,14-/m1/s1. The first kappa shape index (κ1) is 17.0. The number of methoxy groups -OCH3 is 1. The molecule has 5 heteroatoms. The normalized spacial score (nSPS) is 31.0. The third kappa shape index (κ3) is 3.35. The molecule has 2 aliphatic rings. The maximum Gasteiger partial charge on any atom is 0.323 e. The second kappa shape index (κ2) is 6.01. The molecule has 0 aromatic carbocycles. The molecule has 2 fully saturated rings. The SMILES string of the molecule is COC(=O)[C@@H]1C[C@@H](O[Si](C)(C)C(C)(C)C)[C@H]2CCCCN21. The van der Waals surface area contributed by atoms with Crippen LogP contribution in [0.5, 0.6) is 0 Å². The Morgan fingerprint density at radius 3 is 2.48 bits per heavy atom. The molecular weight excluding hydrogens is 282 g/mol. The Labute approximate surface area is 130 Å². The fraction of sp³-hybridized carbons (Fsp3) is 0.938. The summed E-state index contributed by atoms with van der Waals surface area (Å²) in [5.74, 6) is -0.0942. The Morgan fingerprint density at radius 1 is 1.24 bits per heavy atom. The molecule has 0 spiro atoms. The largest absolute Gasteiger partial charge is 0.468 e. The van der Waals surface area contributed by atoms with Gasteiger partial charge in [-0.2, -0.15) is 0 Å². The minimum atomic E-state index is -1.80. The molecule has 0 bridgehead atoms. The van der Waals surface area contributed by atoms with Gasteiger partial charge in [-0.1, -0.05) is 27.2 Å². The molecule has 2 saturated heterocycles. The first-order valence-corrected chi connectivity index (χ1v) is 11.1. The average Bonchev–Trinajstić information content (AvgIpc) is 2.75. The summed E-state index contributed by atoms with van der Waals surface area (Å²) < 4.78 is 11.7. The average molecular weight is 314 g/mol. The van der Waals surface area contributed by atoms with Crippen molar-refractivity contribution in [2.75, 3.05) is 13.7 Å². The molecule has 0 aliphatic carbocycles. The lowest BCUT2D eigenvalue weighted by atomic mass is 10.0. The number of carbonyl (C=O) groups is 1. The number of fused-ring (bicyclic) bond motifs is 1. The number of carbonyl (C=O) groups excluding carboxylic acids is 1. The second-order valence-corrected chi connectivity index (χ2v) is 12.7. The van der Waals surface area contributed by atoms with Gasteiger partial charge in [0.05, 0.1) is 13.2 Å². The quantitative estimate of drug-likeness (QED) is 0.592. The Morgan fingerprint density at radius 2 is 1.90 bits per heavy atom. The van der Waals surface area contributed by atoms with Crippen molar-refractivity contribution in [3.05, 3.63) is 0 Å². The van der Waals surface area contributed by atoms with Gasteiger partial charge in [0.1, 0.15) is 6.04 Å². The summed E-state index contributed by atoms with van der Waals surface area (Å²) >= 11 is 0. The van der Waals surface area contributed by atoms with E-state index in [0.717, 1.165) is 19.4 Å². The van der Waals surface area contributed by atoms with Gasteiger partial charge in [0.15, 0.2) is 8.32 Å². The molecule has 0 N–H and O–H groups in total. The third-order valence-corrected chi connectivity index (χ3v) is 10.1. The number of nitrogens with zero attached hydrogens (tertiary/aromatic N) is 1. The van der Waals surface area contributed by atoms with E-state index in [-0.39, 0.29) is 23.2 Å². The summed E-state index contributed by atoms with van der Waals surface area (Å²) in [6.07, 6.45) is 4.55. The van der Waals surface area contributed by atoms with Crippen LogP contribution in [0.2, 0.25) is 18.1 Å². The highest BCUT2D eigenvalue weighted by Gasteiger charge is 2.49. The van der Waals surface area contributed by atoms with Crippen LogP contribution >= 0.6 is 0 Å². The van der Waals surface area contributed by atoms with E-state index >= 15 is 0 Å². The van der Waals surface area contributed by atoms with Crippen LogP contribution in [0.3, 0.4) is 0 Å². The number of piperidine rings is 1. The summed E-state index contributed by atoms with van der Waals surface area (Å²) in [7, 11) is -0.310. The lowest BCUT2D eigenvalue weighted by Gasteiger charge is -2.41. The van der Waals surface area contributed by atoms with E-state index in [0.29, 0.717) is 6.04 Å². The summed E-state index contributed by atoms with van der Waals surface area (Å²) in [6, 6.07) is 0.298. The van der Waals surface area contributed by atoms with E-state index in [9.17, 15) is 4.79 Å². The Hall–Kier alpha value is -0.393. The molecule has 122 valence electrons. The van der Waals surface area contributed by atoms with Crippen LogP contribution in [0.15, 0.2) is 0 Å². The molecule has 21 heavy (non-hydrogen) atoms. The van der Waals surface area contributed by atoms with Crippen molar-refractivity contribution in [1.82, 2.24) is 4.90 Å². The molecule has 0 unspecified atom stereocenters. The molecule has 4 nitrogen and oxygen atoms in total. The molecule has 0 aromatic heterocycles. The highest BCUT2D eigenvalue weighted by atomic mass is 28.4. The highest BCUT2D eigenvalue weighted by molar-refractivity contribution is 6.74. The number of hydrogen-bond donors (Lipinski definition) is 0. The van der Waals surface area contributed by atoms with Gasteiger partial charge < -0.3 is 9.16 Å². The van der Waals surface area contributed by atoms with E-state index in [1.165, 1.54) is 20.0 Å². The molecule has 2 rings (SSSR count). The topological polar surface area (TPSA) is 38.8 Å². The van der Waals surface area contributed by atoms with Crippen LogP contribution in [0.4, 0.5) is 0 Å².